The zero-order chi connectivity index (χ0) is 12.3. The molecule has 0 saturated heterocycles. The van der Waals surface area contributed by atoms with Crippen molar-refractivity contribution in [3.05, 3.63) is 34.1 Å². The minimum atomic E-state index is -0.803. The van der Waals surface area contributed by atoms with Crippen molar-refractivity contribution in [2.75, 3.05) is 0 Å². The van der Waals surface area contributed by atoms with Crippen LogP contribution in [0.1, 0.15) is 17.3 Å². The Bertz CT molecular complexity index is 437. The zero-order valence-electron chi connectivity index (χ0n) is 8.46. The largest absolute Gasteiger partial charge is 0.368 e. The summed E-state index contributed by atoms with van der Waals surface area (Å²) in [7, 11) is 0. The molecule has 0 aliphatic rings. The lowest BCUT2D eigenvalue weighted by molar-refractivity contribution is -0.119. The van der Waals surface area contributed by atoms with Crippen molar-refractivity contribution in [2.45, 2.75) is 13.0 Å². The van der Waals surface area contributed by atoms with Gasteiger partial charge in [0.05, 0.1) is 10.0 Å². The van der Waals surface area contributed by atoms with Crippen LogP contribution < -0.4 is 11.1 Å². The molecule has 0 fully saturated rings. The summed E-state index contributed by atoms with van der Waals surface area (Å²) in [6.07, 6.45) is 0. The molecule has 0 bridgehead atoms. The second-order valence-electron chi connectivity index (χ2n) is 3.20. The highest BCUT2D eigenvalue weighted by Gasteiger charge is 2.17. The van der Waals surface area contributed by atoms with Gasteiger partial charge in [0, 0.05) is 0 Å². The minimum Gasteiger partial charge on any atom is -0.368 e. The first kappa shape index (κ1) is 12.6. The van der Waals surface area contributed by atoms with Gasteiger partial charge in [-0.2, -0.15) is 0 Å². The van der Waals surface area contributed by atoms with Crippen LogP contribution in [0.15, 0.2) is 22.7 Å². The van der Waals surface area contributed by atoms with Crippen LogP contribution >= 0.6 is 15.9 Å². The predicted octanol–water partition coefficient (Wildman–Crippen LogP) is 1.19. The highest BCUT2D eigenvalue weighted by atomic mass is 79.9. The van der Waals surface area contributed by atoms with Gasteiger partial charge in [-0.05, 0) is 35.0 Å². The number of nitrogens with two attached hydrogens (primary N) is 1. The van der Waals surface area contributed by atoms with Gasteiger partial charge in [0.2, 0.25) is 5.91 Å². The summed E-state index contributed by atoms with van der Waals surface area (Å²) in [5.41, 5.74) is 5.11. The quantitative estimate of drug-likeness (QED) is 0.877. The molecule has 3 N–H and O–H groups in total. The van der Waals surface area contributed by atoms with E-state index in [-0.39, 0.29) is 10.0 Å². The lowest BCUT2D eigenvalue weighted by Gasteiger charge is -2.11. The fraction of sp³-hybridized carbons (Fsp3) is 0.200. The lowest BCUT2D eigenvalue weighted by Crippen LogP contribution is -2.42. The molecule has 1 aromatic carbocycles. The second-order valence-corrected chi connectivity index (χ2v) is 3.99. The number of benzene rings is 1. The van der Waals surface area contributed by atoms with Crippen LogP contribution in [0.5, 0.6) is 0 Å². The number of amides is 2. The first-order chi connectivity index (χ1) is 7.43. The van der Waals surface area contributed by atoms with Crippen LogP contribution in [0, 0.1) is 5.82 Å². The number of carbonyl (C=O) groups is 2. The van der Waals surface area contributed by atoms with Gasteiger partial charge in [0.15, 0.2) is 0 Å². The zero-order valence-corrected chi connectivity index (χ0v) is 10.0. The topological polar surface area (TPSA) is 72.2 Å². The van der Waals surface area contributed by atoms with E-state index in [1.54, 1.807) is 0 Å². The molecule has 0 spiro atoms. The highest BCUT2D eigenvalue weighted by Crippen LogP contribution is 2.20. The van der Waals surface area contributed by atoms with Gasteiger partial charge < -0.3 is 11.1 Å². The van der Waals surface area contributed by atoms with E-state index in [9.17, 15) is 14.0 Å². The van der Waals surface area contributed by atoms with Crippen molar-refractivity contribution in [3.8, 4) is 0 Å². The van der Waals surface area contributed by atoms with Gasteiger partial charge >= 0.3 is 0 Å². The number of rotatable bonds is 3. The highest BCUT2D eigenvalue weighted by molar-refractivity contribution is 9.10. The molecule has 0 saturated carbocycles. The summed E-state index contributed by atoms with van der Waals surface area (Å²) >= 11 is 2.96. The number of nitrogens with one attached hydrogen (secondary N) is 1. The molecule has 6 heteroatoms. The molecule has 1 aromatic rings. The average molecular weight is 289 g/mol. The first-order valence-corrected chi connectivity index (χ1v) is 5.27. The van der Waals surface area contributed by atoms with Gasteiger partial charge in [-0.15, -0.1) is 0 Å². The van der Waals surface area contributed by atoms with Crippen molar-refractivity contribution >= 4 is 27.7 Å². The Hall–Kier alpha value is -1.43. The van der Waals surface area contributed by atoms with E-state index in [0.717, 1.165) is 0 Å². The van der Waals surface area contributed by atoms with E-state index >= 15 is 0 Å². The molecule has 2 amide bonds. The van der Waals surface area contributed by atoms with Crippen LogP contribution in [-0.4, -0.2) is 17.9 Å². The Morgan fingerprint density at radius 2 is 2.12 bits per heavy atom. The van der Waals surface area contributed by atoms with E-state index < -0.39 is 23.7 Å². The molecule has 0 aliphatic carbocycles. The van der Waals surface area contributed by atoms with Gasteiger partial charge in [-0.25, -0.2) is 4.39 Å². The summed E-state index contributed by atoms with van der Waals surface area (Å²) in [6.45, 7) is 1.45. The summed E-state index contributed by atoms with van der Waals surface area (Å²) < 4.78 is 13.2. The second kappa shape index (κ2) is 5.07. The summed E-state index contributed by atoms with van der Waals surface area (Å²) in [5, 5.41) is 2.35. The Morgan fingerprint density at radius 1 is 1.50 bits per heavy atom. The monoisotopic (exact) mass is 288 g/mol. The van der Waals surface area contributed by atoms with Crippen LogP contribution in [0.4, 0.5) is 4.39 Å². The third-order valence-corrected chi connectivity index (χ3v) is 2.78. The fourth-order valence-electron chi connectivity index (χ4n) is 1.02. The van der Waals surface area contributed by atoms with Crippen LogP contribution in [0.3, 0.4) is 0 Å². The van der Waals surface area contributed by atoms with Gasteiger partial charge in [0.1, 0.15) is 11.9 Å². The number of hydrogen-bond donors (Lipinski definition) is 2. The average Bonchev–Trinajstić information content (AvgIpc) is 2.21. The lowest BCUT2D eigenvalue weighted by atomic mass is 10.2. The summed E-state index contributed by atoms with van der Waals surface area (Å²) in [6, 6.07) is 3.26. The standard InChI is InChI=1S/C10H10BrFN2O2/c1-5(9(13)15)14-10(16)6-3-2-4-7(12)8(6)11/h2-5H,1H3,(H2,13,15)(H,14,16)/t5-/m1/s1. The molecule has 0 aromatic heterocycles. The molecule has 16 heavy (non-hydrogen) atoms. The fourth-order valence-corrected chi connectivity index (χ4v) is 1.47. The smallest absolute Gasteiger partial charge is 0.253 e. The Balaban J connectivity index is 2.89. The number of halogens is 2. The first-order valence-electron chi connectivity index (χ1n) is 4.47. The molecule has 1 atom stereocenters. The Kier molecular flexibility index (Phi) is 4.00. The maximum atomic E-state index is 13.1. The van der Waals surface area contributed by atoms with Gasteiger partial charge in [0.25, 0.3) is 5.91 Å². The molecule has 1 rings (SSSR count). The molecule has 86 valence electrons. The minimum absolute atomic E-state index is 0.0594. The van der Waals surface area contributed by atoms with Gasteiger partial charge in [-0.1, -0.05) is 6.07 Å². The number of carbonyl (C=O) groups excluding carboxylic acids is 2. The molecule has 0 radical (unpaired) electrons. The SMILES string of the molecule is C[C@@H](NC(=O)c1cccc(F)c1Br)C(N)=O. The van der Waals surface area contributed by atoms with Crippen molar-refractivity contribution in [2.24, 2.45) is 5.73 Å². The molecule has 4 nitrogen and oxygen atoms in total. The Morgan fingerprint density at radius 3 is 2.69 bits per heavy atom. The molecule has 0 aliphatic heterocycles. The third-order valence-electron chi connectivity index (χ3n) is 1.97. The number of hydrogen-bond acceptors (Lipinski definition) is 2. The van der Waals surface area contributed by atoms with E-state index in [0.29, 0.717) is 0 Å². The van der Waals surface area contributed by atoms with Crippen LogP contribution in [-0.2, 0) is 4.79 Å². The van der Waals surface area contributed by atoms with Crippen molar-refractivity contribution in [3.63, 3.8) is 0 Å². The van der Waals surface area contributed by atoms with Gasteiger partial charge in [-0.3, -0.25) is 9.59 Å². The van der Waals surface area contributed by atoms with Crippen molar-refractivity contribution in [1.29, 1.82) is 0 Å². The van der Waals surface area contributed by atoms with E-state index in [1.807, 2.05) is 0 Å². The van der Waals surface area contributed by atoms with Crippen molar-refractivity contribution < 1.29 is 14.0 Å². The molecule has 0 unspecified atom stereocenters. The maximum absolute atomic E-state index is 13.1. The predicted molar refractivity (Wildman–Crippen MR) is 60.2 cm³/mol. The molecular weight excluding hydrogens is 279 g/mol. The summed E-state index contributed by atoms with van der Waals surface area (Å²) in [4.78, 5) is 22.4. The van der Waals surface area contributed by atoms with E-state index in [1.165, 1.54) is 25.1 Å². The molecule has 0 heterocycles. The Labute approximate surface area is 100 Å². The van der Waals surface area contributed by atoms with Crippen molar-refractivity contribution in [1.82, 2.24) is 5.32 Å². The maximum Gasteiger partial charge on any atom is 0.253 e. The van der Waals surface area contributed by atoms with E-state index in [2.05, 4.69) is 21.2 Å². The van der Waals surface area contributed by atoms with E-state index in [4.69, 9.17) is 5.73 Å². The summed E-state index contributed by atoms with van der Waals surface area (Å²) in [5.74, 6) is -1.75. The normalized spacial score (nSPS) is 11.9. The number of primary amides is 1. The molecular formula is C10H10BrFN2O2. The van der Waals surface area contributed by atoms with Crippen LogP contribution in [0.2, 0.25) is 0 Å². The van der Waals surface area contributed by atoms with Crippen LogP contribution in [0.25, 0.3) is 0 Å². The third kappa shape index (κ3) is 2.79.